The zero-order valence-corrected chi connectivity index (χ0v) is 8.90. The zero-order valence-electron chi connectivity index (χ0n) is 8.90. The molecule has 0 spiro atoms. The molecule has 0 aromatic carbocycles. The van der Waals surface area contributed by atoms with Gasteiger partial charge in [-0.3, -0.25) is 4.98 Å². The Kier molecular flexibility index (Phi) is 3.34. The predicted octanol–water partition coefficient (Wildman–Crippen LogP) is 0.987. The first-order valence-electron chi connectivity index (χ1n) is 5.32. The van der Waals surface area contributed by atoms with Crippen molar-refractivity contribution in [3.05, 3.63) is 30.1 Å². The molecule has 0 saturated carbocycles. The fourth-order valence-corrected chi connectivity index (χ4v) is 1.55. The van der Waals surface area contributed by atoms with Gasteiger partial charge in [0.15, 0.2) is 0 Å². The SMILES string of the molecule is O=C(NCCc1ccccn1)N1CC(F)C1. The Balaban J connectivity index is 1.67. The fraction of sp³-hybridized carbons (Fsp3) is 0.455. The number of aromatic nitrogens is 1. The van der Waals surface area contributed by atoms with Gasteiger partial charge in [0.2, 0.25) is 0 Å². The lowest BCUT2D eigenvalue weighted by Gasteiger charge is -2.34. The first-order valence-corrected chi connectivity index (χ1v) is 5.32. The third kappa shape index (κ3) is 2.68. The van der Waals surface area contributed by atoms with Crippen molar-refractivity contribution in [1.29, 1.82) is 0 Å². The van der Waals surface area contributed by atoms with E-state index in [1.807, 2.05) is 18.2 Å². The summed E-state index contributed by atoms with van der Waals surface area (Å²) in [5.74, 6) is 0. The molecule has 4 nitrogen and oxygen atoms in total. The van der Waals surface area contributed by atoms with E-state index in [0.29, 0.717) is 13.0 Å². The van der Waals surface area contributed by atoms with E-state index in [0.717, 1.165) is 5.69 Å². The number of urea groups is 1. The maximum absolute atomic E-state index is 12.5. The van der Waals surface area contributed by atoms with Crippen LogP contribution in [0.3, 0.4) is 0 Å². The number of likely N-dealkylation sites (tertiary alicyclic amines) is 1. The maximum atomic E-state index is 12.5. The van der Waals surface area contributed by atoms with Crippen molar-refractivity contribution < 1.29 is 9.18 Å². The van der Waals surface area contributed by atoms with E-state index in [-0.39, 0.29) is 19.1 Å². The minimum Gasteiger partial charge on any atom is -0.338 e. The second kappa shape index (κ2) is 4.92. The first kappa shape index (κ1) is 10.9. The average molecular weight is 223 g/mol. The van der Waals surface area contributed by atoms with Crippen molar-refractivity contribution in [2.24, 2.45) is 0 Å². The summed E-state index contributed by atoms with van der Waals surface area (Å²) in [6.45, 7) is 0.966. The van der Waals surface area contributed by atoms with Gasteiger partial charge in [0.1, 0.15) is 6.17 Å². The lowest BCUT2D eigenvalue weighted by atomic mass is 10.2. The lowest BCUT2D eigenvalue weighted by molar-refractivity contribution is 0.0900. The Morgan fingerprint density at radius 2 is 2.38 bits per heavy atom. The van der Waals surface area contributed by atoms with E-state index in [1.165, 1.54) is 4.90 Å². The molecule has 1 N–H and O–H groups in total. The van der Waals surface area contributed by atoms with Gasteiger partial charge in [0.05, 0.1) is 13.1 Å². The molecule has 0 atom stereocenters. The molecule has 0 radical (unpaired) electrons. The van der Waals surface area contributed by atoms with Gasteiger partial charge in [-0.15, -0.1) is 0 Å². The second-order valence-corrected chi connectivity index (χ2v) is 3.81. The van der Waals surface area contributed by atoms with E-state index in [2.05, 4.69) is 10.3 Å². The highest BCUT2D eigenvalue weighted by Crippen LogP contribution is 2.10. The van der Waals surface area contributed by atoms with Crippen molar-refractivity contribution >= 4 is 6.03 Å². The van der Waals surface area contributed by atoms with Crippen LogP contribution in [0.15, 0.2) is 24.4 Å². The third-order valence-corrected chi connectivity index (χ3v) is 2.51. The first-order chi connectivity index (χ1) is 7.75. The number of pyridine rings is 1. The Morgan fingerprint density at radius 1 is 1.56 bits per heavy atom. The molecular formula is C11H14FN3O. The number of carbonyl (C=O) groups is 1. The average Bonchev–Trinajstić information content (AvgIpc) is 2.26. The maximum Gasteiger partial charge on any atom is 0.317 e. The normalized spacial score (nSPS) is 15.7. The van der Waals surface area contributed by atoms with Crippen LogP contribution in [-0.2, 0) is 6.42 Å². The van der Waals surface area contributed by atoms with Crippen LogP contribution in [0.5, 0.6) is 0 Å². The van der Waals surface area contributed by atoms with Crippen LogP contribution in [0.4, 0.5) is 9.18 Å². The molecular weight excluding hydrogens is 209 g/mol. The molecule has 1 aliphatic heterocycles. The van der Waals surface area contributed by atoms with Crippen LogP contribution in [0, 0.1) is 0 Å². The highest BCUT2D eigenvalue weighted by Gasteiger charge is 2.29. The number of halogens is 1. The summed E-state index contributed by atoms with van der Waals surface area (Å²) in [4.78, 5) is 17.0. The molecule has 0 aliphatic carbocycles. The molecule has 1 aromatic rings. The minimum absolute atomic E-state index is 0.190. The predicted molar refractivity (Wildman–Crippen MR) is 57.8 cm³/mol. The summed E-state index contributed by atoms with van der Waals surface area (Å²) in [7, 11) is 0. The van der Waals surface area contributed by atoms with Crippen LogP contribution >= 0.6 is 0 Å². The summed E-state index contributed by atoms with van der Waals surface area (Å²) < 4.78 is 12.5. The zero-order chi connectivity index (χ0) is 11.4. The fourth-order valence-electron chi connectivity index (χ4n) is 1.55. The van der Waals surface area contributed by atoms with Gasteiger partial charge in [-0.05, 0) is 12.1 Å². The molecule has 2 rings (SSSR count). The molecule has 1 saturated heterocycles. The summed E-state index contributed by atoms with van der Waals surface area (Å²) in [5.41, 5.74) is 0.940. The van der Waals surface area contributed by atoms with Gasteiger partial charge in [0.25, 0.3) is 0 Å². The lowest BCUT2D eigenvalue weighted by Crippen LogP contribution is -2.55. The number of carbonyl (C=O) groups excluding carboxylic acids is 1. The Bertz CT molecular complexity index is 352. The van der Waals surface area contributed by atoms with Crippen LogP contribution in [-0.4, -0.2) is 41.7 Å². The number of amides is 2. The largest absolute Gasteiger partial charge is 0.338 e. The number of rotatable bonds is 3. The minimum atomic E-state index is -0.846. The Labute approximate surface area is 93.5 Å². The van der Waals surface area contributed by atoms with E-state index in [9.17, 15) is 9.18 Å². The van der Waals surface area contributed by atoms with Crippen LogP contribution < -0.4 is 5.32 Å². The van der Waals surface area contributed by atoms with E-state index >= 15 is 0 Å². The van der Waals surface area contributed by atoms with Gasteiger partial charge in [-0.2, -0.15) is 0 Å². The number of hydrogen-bond acceptors (Lipinski definition) is 2. The van der Waals surface area contributed by atoms with Crippen molar-refractivity contribution in [1.82, 2.24) is 15.2 Å². The molecule has 2 heterocycles. The van der Waals surface area contributed by atoms with Gasteiger partial charge < -0.3 is 10.2 Å². The summed E-state index contributed by atoms with van der Waals surface area (Å²) in [5, 5.41) is 2.73. The molecule has 0 bridgehead atoms. The second-order valence-electron chi connectivity index (χ2n) is 3.81. The van der Waals surface area contributed by atoms with Crippen molar-refractivity contribution in [2.45, 2.75) is 12.6 Å². The van der Waals surface area contributed by atoms with Crippen LogP contribution in [0.2, 0.25) is 0 Å². The molecule has 86 valence electrons. The van der Waals surface area contributed by atoms with Gasteiger partial charge in [-0.25, -0.2) is 9.18 Å². The quantitative estimate of drug-likeness (QED) is 0.830. The topological polar surface area (TPSA) is 45.2 Å². The highest BCUT2D eigenvalue weighted by molar-refractivity contribution is 5.75. The van der Waals surface area contributed by atoms with Gasteiger partial charge in [-0.1, -0.05) is 6.07 Å². The number of alkyl halides is 1. The molecule has 1 aromatic heterocycles. The van der Waals surface area contributed by atoms with E-state index in [4.69, 9.17) is 0 Å². The summed E-state index contributed by atoms with van der Waals surface area (Å²) in [6, 6.07) is 5.48. The summed E-state index contributed by atoms with van der Waals surface area (Å²) >= 11 is 0. The van der Waals surface area contributed by atoms with Gasteiger partial charge >= 0.3 is 6.03 Å². The molecule has 5 heteroatoms. The molecule has 0 unspecified atom stereocenters. The number of hydrogen-bond donors (Lipinski definition) is 1. The van der Waals surface area contributed by atoms with Crippen molar-refractivity contribution in [3.8, 4) is 0 Å². The third-order valence-electron chi connectivity index (χ3n) is 2.51. The molecule has 16 heavy (non-hydrogen) atoms. The van der Waals surface area contributed by atoms with E-state index < -0.39 is 6.17 Å². The monoisotopic (exact) mass is 223 g/mol. The molecule has 2 amide bonds. The number of nitrogens with zero attached hydrogens (tertiary/aromatic N) is 2. The molecule has 1 aliphatic rings. The van der Waals surface area contributed by atoms with E-state index in [1.54, 1.807) is 6.20 Å². The van der Waals surface area contributed by atoms with Crippen molar-refractivity contribution in [3.63, 3.8) is 0 Å². The van der Waals surface area contributed by atoms with Crippen LogP contribution in [0.1, 0.15) is 5.69 Å². The highest BCUT2D eigenvalue weighted by atomic mass is 19.1. The smallest absolute Gasteiger partial charge is 0.317 e. The molecule has 1 fully saturated rings. The van der Waals surface area contributed by atoms with Crippen molar-refractivity contribution in [2.75, 3.05) is 19.6 Å². The van der Waals surface area contributed by atoms with Crippen LogP contribution in [0.25, 0.3) is 0 Å². The number of nitrogens with one attached hydrogen (secondary N) is 1. The Hall–Kier alpha value is -1.65. The summed E-state index contributed by atoms with van der Waals surface area (Å²) in [6.07, 6.45) is 1.57. The standard InChI is InChI=1S/C11H14FN3O/c12-9-7-15(8-9)11(16)14-6-4-10-3-1-2-5-13-10/h1-3,5,9H,4,6-8H2,(H,14,16). The van der Waals surface area contributed by atoms with Gasteiger partial charge in [0, 0.05) is 24.9 Å². The Morgan fingerprint density at radius 3 is 3.00 bits per heavy atom.